The third-order valence-electron chi connectivity index (χ3n) is 2.21. The summed E-state index contributed by atoms with van der Waals surface area (Å²) >= 11 is 3.21. The summed E-state index contributed by atoms with van der Waals surface area (Å²) in [7, 11) is 0. The zero-order valence-electron chi connectivity index (χ0n) is 7.21. The summed E-state index contributed by atoms with van der Waals surface area (Å²) in [6, 6.07) is 5.56. The molecule has 1 aliphatic heterocycles. The first kappa shape index (κ1) is 8.75. The van der Waals surface area contributed by atoms with E-state index in [1.165, 1.54) is 0 Å². The van der Waals surface area contributed by atoms with E-state index in [1.54, 1.807) is 6.07 Å². The third-order valence-corrected chi connectivity index (χ3v) is 2.84. The summed E-state index contributed by atoms with van der Waals surface area (Å²) in [4.78, 5) is 11.6. The van der Waals surface area contributed by atoms with Gasteiger partial charge in [0, 0.05) is 11.5 Å². The van der Waals surface area contributed by atoms with Crippen LogP contribution in [0.2, 0.25) is 0 Å². The summed E-state index contributed by atoms with van der Waals surface area (Å²) in [5.74, 6) is 0.825. The Bertz CT molecular complexity index is 401. The number of hydrogen-bond acceptors (Lipinski definition) is 2. The smallest absolute Gasteiger partial charge is 0.234 e. The first-order valence-electron chi connectivity index (χ1n) is 4.15. The fourth-order valence-electron chi connectivity index (χ4n) is 1.46. The van der Waals surface area contributed by atoms with Crippen molar-refractivity contribution in [2.24, 2.45) is 0 Å². The molecule has 1 aliphatic rings. The molecule has 0 spiro atoms. The highest BCUT2D eigenvalue weighted by atomic mass is 79.9. The molecule has 0 amide bonds. The van der Waals surface area contributed by atoms with Crippen LogP contribution in [0.3, 0.4) is 0 Å². The van der Waals surface area contributed by atoms with Gasteiger partial charge in [0.05, 0.1) is 11.1 Å². The molecule has 1 aromatic rings. The van der Waals surface area contributed by atoms with Gasteiger partial charge in [-0.05, 0) is 22.0 Å². The van der Waals surface area contributed by atoms with E-state index in [9.17, 15) is 4.79 Å². The van der Waals surface area contributed by atoms with Crippen LogP contribution >= 0.6 is 15.9 Å². The second-order valence-electron chi connectivity index (χ2n) is 3.20. The molecule has 1 aromatic carbocycles. The molecule has 68 valence electrons. The lowest BCUT2D eigenvalue weighted by molar-refractivity contribution is 0.334. The van der Waals surface area contributed by atoms with Crippen molar-refractivity contribution in [3.63, 3.8) is 0 Å². The molecule has 0 radical (unpaired) electrons. The predicted molar refractivity (Wildman–Crippen MR) is 54.3 cm³/mol. The molecule has 3 heteroatoms. The minimum absolute atomic E-state index is 0.0515. The van der Waals surface area contributed by atoms with Crippen molar-refractivity contribution in [2.75, 3.05) is 6.61 Å². The lowest BCUT2D eigenvalue weighted by Crippen LogP contribution is -2.02. The topological polar surface area (TPSA) is 26.3 Å². The van der Waals surface area contributed by atoms with Crippen molar-refractivity contribution in [3.8, 4) is 5.75 Å². The molecule has 1 heterocycles. The van der Waals surface area contributed by atoms with E-state index >= 15 is 0 Å². The van der Waals surface area contributed by atoms with Crippen LogP contribution in [-0.2, 0) is 0 Å². The standard InChI is InChI=1S/C10H9BrO2/c1-6-5-13-10-7(6)3-2-4-8(11)9(10)12/h2-4,6H,5H2,1H3. The molecule has 0 saturated heterocycles. The Kier molecular flexibility index (Phi) is 2.12. The molecular formula is C10H9BrO2. The van der Waals surface area contributed by atoms with Crippen LogP contribution in [-0.4, -0.2) is 6.61 Å². The van der Waals surface area contributed by atoms with Gasteiger partial charge in [-0.15, -0.1) is 0 Å². The van der Waals surface area contributed by atoms with Crippen molar-refractivity contribution in [3.05, 3.63) is 38.5 Å². The molecule has 0 fully saturated rings. The molecule has 13 heavy (non-hydrogen) atoms. The zero-order valence-corrected chi connectivity index (χ0v) is 8.80. The Hall–Kier alpha value is -0.830. The second-order valence-corrected chi connectivity index (χ2v) is 4.05. The Morgan fingerprint density at radius 1 is 1.54 bits per heavy atom. The monoisotopic (exact) mass is 240 g/mol. The number of ether oxygens (including phenoxy) is 1. The lowest BCUT2D eigenvalue weighted by Gasteiger charge is -1.94. The SMILES string of the molecule is CC1COc2c1cccc(Br)c2=O. The summed E-state index contributed by atoms with van der Waals surface area (Å²) < 4.78 is 5.90. The summed E-state index contributed by atoms with van der Waals surface area (Å²) in [5, 5.41) is 0. The Morgan fingerprint density at radius 2 is 2.31 bits per heavy atom. The van der Waals surface area contributed by atoms with E-state index in [2.05, 4.69) is 22.9 Å². The first-order chi connectivity index (χ1) is 6.20. The molecule has 1 unspecified atom stereocenters. The van der Waals surface area contributed by atoms with Gasteiger partial charge in [-0.3, -0.25) is 4.79 Å². The van der Waals surface area contributed by atoms with Crippen molar-refractivity contribution >= 4 is 15.9 Å². The normalized spacial score (nSPS) is 19.4. The average Bonchev–Trinajstić information content (AvgIpc) is 2.40. The van der Waals surface area contributed by atoms with Crippen molar-refractivity contribution < 1.29 is 4.74 Å². The second kappa shape index (κ2) is 3.14. The predicted octanol–water partition coefficient (Wildman–Crippen LogP) is 2.31. The number of hydrogen-bond donors (Lipinski definition) is 0. The maximum atomic E-state index is 11.6. The van der Waals surface area contributed by atoms with E-state index in [0.29, 0.717) is 22.7 Å². The molecular weight excluding hydrogens is 232 g/mol. The van der Waals surface area contributed by atoms with Crippen molar-refractivity contribution in [1.29, 1.82) is 0 Å². The van der Waals surface area contributed by atoms with E-state index in [4.69, 9.17) is 4.74 Å². The van der Waals surface area contributed by atoms with E-state index in [1.807, 2.05) is 12.1 Å². The fourth-order valence-corrected chi connectivity index (χ4v) is 1.79. The van der Waals surface area contributed by atoms with Gasteiger partial charge in [-0.1, -0.05) is 19.1 Å². The van der Waals surface area contributed by atoms with Gasteiger partial charge in [-0.25, -0.2) is 0 Å². The van der Waals surface area contributed by atoms with Crippen molar-refractivity contribution in [1.82, 2.24) is 0 Å². The number of fused-ring (bicyclic) bond motifs is 1. The minimum atomic E-state index is -0.0515. The first-order valence-corrected chi connectivity index (χ1v) is 4.95. The maximum absolute atomic E-state index is 11.6. The van der Waals surface area contributed by atoms with Gasteiger partial charge in [0.15, 0.2) is 5.75 Å². The van der Waals surface area contributed by atoms with Crippen LogP contribution in [0.15, 0.2) is 27.5 Å². The highest BCUT2D eigenvalue weighted by Gasteiger charge is 2.22. The molecule has 0 saturated carbocycles. The van der Waals surface area contributed by atoms with Crippen LogP contribution in [0.1, 0.15) is 18.4 Å². The third kappa shape index (κ3) is 1.37. The lowest BCUT2D eigenvalue weighted by atomic mass is 10.1. The quantitative estimate of drug-likeness (QED) is 0.696. The molecule has 0 aromatic heterocycles. The van der Waals surface area contributed by atoms with Crippen LogP contribution < -0.4 is 10.2 Å². The van der Waals surface area contributed by atoms with Gasteiger partial charge in [0.1, 0.15) is 0 Å². The average molecular weight is 241 g/mol. The Balaban J connectivity index is 2.76. The van der Waals surface area contributed by atoms with Gasteiger partial charge in [0.2, 0.25) is 5.43 Å². The molecule has 0 bridgehead atoms. The Morgan fingerprint density at radius 3 is 3.08 bits per heavy atom. The summed E-state index contributed by atoms with van der Waals surface area (Å²) in [6.07, 6.45) is 0. The highest BCUT2D eigenvalue weighted by molar-refractivity contribution is 9.10. The van der Waals surface area contributed by atoms with Crippen LogP contribution in [0, 0.1) is 0 Å². The van der Waals surface area contributed by atoms with E-state index in [0.717, 1.165) is 5.56 Å². The van der Waals surface area contributed by atoms with Crippen LogP contribution in [0.25, 0.3) is 0 Å². The van der Waals surface area contributed by atoms with E-state index < -0.39 is 0 Å². The molecule has 2 rings (SSSR count). The molecule has 0 aliphatic carbocycles. The summed E-state index contributed by atoms with van der Waals surface area (Å²) in [5.41, 5.74) is 0.958. The van der Waals surface area contributed by atoms with Gasteiger partial charge in [0.25, 0.3) is 0 Å². The minimum Gasteiger partial charge on any atom is -0.489 e. The number of halogens is 1. The molecule has 0 N–H and O–H groups in total. The highest BCUT2D eigenvalue weighted by Crippen LogP contribution is 2.30. The van der Waals surface area contributed by atoms with Gasteiger partial charge in [-0.2, -0.15) is 0 Å². The zero-order chi connectivity index (χ0) is 9.42. The van der Waals surface area contributed by atoms with Crippen LogP contribution in [0.5, 0.6) is 5.75 Å². The summed E-state index contributed by atoms with van der Waals surface area (Å²) in [6.45, 7) is 2.67. The van der Waals surface area contributed by atoms with Crippen molar-refractivity contribution in [2.45, 2.75) is 12.8 Å². The fraction of sp³-hybridized carbons (Fsp3) is 0.300. The Labute approximate surface area is 84.7 Å². The van der Waals surface area contributed by atoms with Gasteiger partial charge < -0.3 is 4.74 Å². The van der Waals surface area contributed by atoms with Gasteiger partial charge >= 0.3 is 0 Å². The number of rotatable bonds is 0. The van der Waals surface area contributed by atoms with E-state index in [-0.39, 0.29) is 5.43 Å². The van der Waals surface area contributed by atoms with Crippen LogP contribution in [0.4, 0.5) is 0 Å². The largest absolute Gasteiger partial charge is 0.489 e. The maximum Gasteiger partial charge on any atom is 0.234 e. The molecule has 1 atom stereocenters. The molecule has 2 nitrogen and oxygen atoms in total.